The van der Waals surface area contributed by atoms with Gasteiger partial charge in [0.1, 0.15) is 5.75 Å². The molecule has 4 nitrogen and oxygen atoms in total. The molecular weight excluding hydrogens is 395 g/mol. The molecule has 0 bridgehead atoms. The molecule has 1 aliphatic carbocycles. The van der Waals surface area contributed by atoms with Gasteiger partial charge in [-0.05, 0) is 66.6 Å². The van der Waals surface area contributed by atoms with E-state index in [0.29, 0.717) is 36.9 Å². The fraction of sp³-hybridized carbons (Fsp3) is 0.435. The Morgan fingerprint density at radius 1 is 1.00 bits per heavy atom. The number of alkyl halides is 3. The van der Waals surface area contributed by atoms with Crippen LogP contribution in [0, 0.1) is 11.8 Å². The summed E-state index contributed by atoms with van der Waals surface area (Å²) in [7, 11) is 0. The minimum atomic E-state index is -4.36. The topological polar surface area (TPSA) is 60.8 Å². The number of nitrogens with zero attached hydrogens (tertiary/aromatic N) is 1. The molecular formula is C23H24F3NO3. The van der Waals surface area contributed by atoms with E-state index < -0.39 is 17.3 Å². The van der Waals surface area contributed by atoms with Crippen molar-refractivity contribution in [3.05, 3.63) is 65.2 Å². The molecule has 2 fully saturated rings. The molecule has 1 saturated heterocycles. The van der Waals surface area contributed by atoms with Gasteiger partial charge >= 0.3 is 6.18 Å². The first-order valence-corrected chi connectivity index (χ1v) is 10.0. The van der Waals surface area contributed by atoms with E-state index in [1.807, 2.05) is 0 Å². The SMILES string of the molecule is O=C(CN1CC2CC(O)(Cc3ccc(C(F)(F)F)cc3)C[C@H]2C1)c1ccc(O)cc1. The van der Waals surface area contributed by atoms with Crippen LogP contribution < -0.4 is 0 Å². The van der Waals surface area contributed by atoms with Crippen molar-refractivity contribution >= 4 is 5.78 Å². The second-order valence-corrected chi connectivity index (χ2v) is 8.69. The smallest absolute Gasteiger partial charge is 0.416 e. The molecule has 2 aromatic rings. The third-order valence-electron chi connectivity index (χ3n) is 6.31. The molecule has 3 atom stereocenters. The Bertz CT molecular complexity index is 895. The maximum Gasteiger partial charge on any atom is 0.416 e. The summed E-state index contributed by atoms with van der Waals surface area (Å²) in [6.07, 6.45) is -2.85. The molecule has 1 aliphatic heterocycles. The van der Waals surface area contributed by atoms with Crippen molar-refractivity contribution in [2.75, 3.05) is 19.6 Å². The lowest BCUT2D eigenvalue weighted by atomic mass is 9.91. The Hall–Kier alpha value is -2.38. The van der Waals surface area contributed by atoms with E-state index in [9.17, 15) is 28.2 Å². The van der Waals surface area contributed by atoms with Crippen LogP contribution in [0.3, 0.4) is 0 Å². The summed E-state index contributed by atoms with van der Waals surface area (Å²) in [5.41, 5.74) is -0.341. The molecule has 1 heterocycles. The summed E-state index contributed by atoms with van der Waals surface area (Å²) in [4.78, 5) is 14.5. The van der Waals surface area contributed by atoms with E-state index in [1.54, 1.807) is 12.1 Å². The highest BCUT2D eigenvalue weighted by Crippen LogP contribution is 2.45. The van der Waals surface area contributed by atoms with Crippen molar-refractivity contribution in [3.63, 3.8) is 0 Å². The van der Waals surface area contributed by atoms with Gasteiger partial charge in [0.05, 0.1) is 17.7 Å². The monoisotopic (exact) mass is 419 g/mol. The van der Waals surface area contributed by atoms with Gasteiger partial charge in [0.25, 0.3) is 0 Å². The number of Topliss-reactive ketones (excluding diaryl/α,β-unsaturated/α-hetero) is 1. The number of hydrogen-bond acceptors (Lipinski definition) is 4. The van der Waals surface area contributed by atoms with Crippen molar-refractivity contribution in [2.24, 2.45) is 11.8 Å². The highest BCUT2D eigenvalue weighted by atomic mass is 19.4. The van der Waals surface area contributed by atoms with Gasteiger partial charge in [-0.2, -0.15) is 13.2 Å². The molecule has 0 radical (unpaired) electrons. The molecule has 0 amide bonds. The molecule has 2 aromatic carbocycles. The molecule has 1 saturated carbocycles. The largest absolute Gasteiger partial charge is 0.508 e. The van der Waals surface area contributed by atoms with Gasteiger partial charge in [0.15, 0.2) is 5.78 Å². The molecule has 0 spiro atoms. The first-order chi connectivity index (χ1) is 14.1. The van der Waals surface area contributed by atoms with Crippen molar-refractivity contribution in [2.45, 2.75) is 31.0 Å². The number of aliphatic hydroxyl groups is 1. The zero-order valence-corrected chi connectivity index (χ0v) is 16.4. The summed E-state index contributed by atoms with van der Waals surface area (Å²) >= 11 is 0. The van der Waals surface area contributed by atoms with Crippen LogP contribution in [-0.2, 0) is 12.6 Å². The van der Waals surface area contributed by atoms with Crippen LogP contribution in [0.4, 0.5) is 13.2 Å². The van der Waals surface area contributed by atoms with E-state index in [4.69, 9.17) is 0 Å². The van der Waals surface area contributed by atoms with Crippen LogP contribution in [0.15, 0.2) is 48.5 Å². The highest BCUT2D eigenvalue weighted by molar-refractivity contribution is 5.97. The number of carbonyl (C=O) groups excluding carboxylic acids is 1. The second kappa shape index (κ2) is 7.71. The molecule has 4 rings (SSSR count). The summed E-state index contributed by atoms with van der Waals surface area (Å²) < 4.78 is 38.2. The number of rotatable bonds is 5. The van der Waals surface area contributed by atoms with Crippen LogP contribution in [0.1, 0.15) is 34.3 Å². The Balaban J connectivity index is 1.32. The van der Waals surface area contributed by atoms with Gasteiger partial charge in [0, 0.05) is 25.1 Å². The van der Waals surface area contributed by atoms with Crippen LogP contribution in [-0.4, -0.2) is 46.1 Å². The molecule has 2 aliphatic rings. The molecule has 2 unspecified atom stereocenters. The van der Waals surface area contributed by atoms with Gasteiger partial charge in [-0.1, -0.05) is 12.1 Å². The quantitative estimate of drug-likeness (QED) is 0.722. The average Bonchev–Trinajstić information content (AvgIpc) is 3.15. The van der Waals surface area contributed by atoms with Crippen LogP contribution in [0.25, 0.3) is 0 Å². The van der Waals surface area contributed by atoms with Crippen molar-refractivity contribution in [1.82, 2.24) is 4.90 Å². The normalized spacial score (nSPS) is 26.7. The lowest BCUT2D eigenvalue weighted by Gasteiger charge is -2.26. The number of aromatic hydroxyl groups is 1. The lowest BCUT2D eigenvalue weighted by molar-refractivity contribution is -0.137. The predicted molar refractivity (Wildman–Crippen MR) is 105 cm³/mol. The molecule has 160 valence electrons. The number of fused-ring (bicyclic) bond motifs is 1. The fourth-order valence-corrected chi connectivity index (χ4v) is 4.96. The van der Waals surface area contributed by atoms with Crippen molar-refractivity contribution < 1.29 is 28.2 Å². The summed E-state index contributed by atoms with van der Waals surface area (Å²) in [5.74, 6) is 0.665. The highest BCUT2D eigenvalue weighted by Gasteiger charge is 2.48. The summed E-state index contributed by atoms with van der Waals surface area (Å²) in [5, 5.41) is 20.4. The standard InChI is InChI=1S/C23H24F3NO3/c24-23(25,26)19-5-1-15(2-6-19)9-22(30)10-17-12-27(13-18(17)11-22)14-21(29)16-3-7-20(28)8-4-16/h1-8,17-18,28,30H,9-14H2/t17-,18?,22?/m0/s1. The van der Waals surface area contributed by atoms with E-state index in [2.05, 4.69) is 4.90 Å². The second-order valence-electron chi connectivity index (χ2n) is 8.69. The predicted octanol–water partition coefficient (Wildman–Crippen LogP) is 3.91. The van der Waals surface area contributed by atoms with E-state index >= 15 is 0 Å². The molecule has 30 heavy (non-hydrogen) atoms. The van der Waals surface area contributed by atoms with Gasteiger partial charge in [0.2, 0.25) is 0 Å². The number of ketones is 1. The number of benzene rings is 2. The molecule has 7 heteroatoms. The Labute approximate surface area is 172 Å². The minimum absolute atomic E-state index is 0.00464. The summed E-state index contributed by atoms with van der Waals surface area (Å²) in [6, 6.07) is 11.2. The minimum Gasteiger partial charge on any atom is -0.508 e. The zero-order chi connectivity index (χ0) is 21.5. The maximum absolute atomic E-state index is 12.7. The van der Waals surface area contributed by atoms with E-state index in [0.717, 1.165) is 25.2 Å². The Morgan fingerprint density at radius 3 is 2.10 bits per heavy atom. The van der Waals surface area contributed by atoms with Gasteiger partial charge < -0.3 is 10.2 Å². The average molecular weight is 419 g/mol. The van der Waals surface area contributed by atoms with Crippen molar-refractivity contribution in [3.8, 4) is 5.75 Å². The number of likely N-dealkylation sites (tertiary alicyclic amines) is 1. The first-order valence-electron chi connectivity index (χ1n) is 10.0. The first kappa shape index (κ1) is 20.9. The number of phenolic OH excluding ortho intramolecular Hbond substituents is 1. The zero-order valence-electron chi connectivity index (χ0n) is 16.4. The third kappa shape index (κ3) is 4.52. The molecule has 0 aromatic heterocycles. The van der Waals surface area contributed by atoms with Crippen molar-refractivity contribution in [1.29, 1.82) is 0 Å². The number of halogens is 3. The van der Waals surface area contributed by atoms with Gasteiger partial charge in [-0.15, -0.1) is 0 Å². The Morgan fingerprint density at radius 2 is 1.57 bits per heavy atom. The number of carbonyl (C=O) groups is 1. The van der Waals surface area contributed by atoms with E-state index in [-0.39, 0.29) is 23.4 Å². The van der Waals surface area contributed by atoms with Crippen LogP contribution >= 0.6 is 0 Å². The Kier molecular flexibility index (Phi) is 5.36. The molecule has 2 N–H and O–H groups in total. The maximum atomic E-state index is 12.7. The van der Waals surface area contributed by atoms with Gasteiger partial charge in [-0.3, -0.25) is 9.69 Å². The van der Waals surface area contributed by atoms with Gasteiger partial charge in [-0.25, -0.2) is 0 Å². The van der Waals surface area contributed by atoms with Crippen LogP contribution in [0.2, 0.25) is 0 Å². The van der Waals surface area contributed by atoms with Crippen LogP contribution in [0.5, 0.6) is 5.75 Å². The lowest BCUT2D eigenvalue weighted by Crippen LogP contribution is -2.34. The third-order valence-corrected chi connectivity index (χ3v) is 6.31. The number of hydrogen-bond donors (Lipinski definition) is 2. The van der Waals surface area contributed by atoms with E-state index in [1.165, 1.54) is 24.3 Å². The fourth-order valence-electron chi connectivity index (χ4n) is 4.96. The number of phenols is 1. The summed E-state index contributed by atoms with van der Waals surface area (Å²) in [6.45, 7) is 1.75.